The van der Waals surface area contributed by atoms with Crippen LogP contribution in [0, 0.1) is 0 Å². The molecule has 0 bridgehead atoms. The molecule has 1 aromatic carbocycles. The summed E-state index contributed by atoms with van der Waals surface area (Å²) in [6, 6.07) is 4.91. The average Bonchev–Trinajstić information content (AvgIpc) is 2.28. The van der Waals surface area contributed by atoms with Crippen molar-refractivity contribution >= 4 is 33.4 Å². The van der Waals surface area contributed by atoms with Crippen molar-refractivity contribution in [2.45, 2.75) is 6.10 Å². The lowest BCUT2D eigenvalue weighted by Crippen LogP contribution is -2.34. The average molecular weight is 309 g/mol. The number of amides is 1. The van der Waals surface area contributed by atoms with Crippen molar-refractivity contribution in [2.75, 3.05) is 13.2 Å². The quantitative estimate of drug-likeness (QED) is 0.782. The molecule has 0 spiro atoms. The molecule has 0 aliphatic rings. The molecule has 0 aromatic heterocycles. The first kappa shape index (κ1) is 13.4. The number of benzene rings is 1. The van der Waals surface area contributed by atoms with Gasteiger partial charge in [0.05, 0.1) is 23.3 Å². The SMILES string of the molecule is O=C(NCC(O)CO)c1cc(Br)ccc1Cl. The number of aliphatic hydroxyl groups is 2. The summed E-state index contributed by atoms with van der Waals surface area (Å²) in [5.41, 5.74) is 0.321. The molecule has 0 radical (unpaired) electrons. The molecule has 1 unspecified atom stereocenters. The number of nitrogens with one attached hydrogen (secondary N) is 1. The zero-order valence-corrected chi connectivity index (χ0v) is 10.6. The van der Waals surface area contributed by atoms with E-state index in [1.807, 2.05) is 0 Å². The maximum absolute atomic E-state index is 11.6. The third kappa shape index (κ3) is 3.75. The maximum Gasteiger partial charge on any atom is 0.252 e. The van der Waals surface area contributed by atoms with Gasteiger partial charge < -0.3 is 15.5 Å². The van der Waals surface area contributed by atoms with E-state index in [9.17, 15) is 4.79 Å². The second kappa shape index (κ2) is 6.20. The molecular formula is C10H11BrClNO3. The molecule has 16 heavy (non-hydrogen) atoms. The lowest BCUT2D eigenvalue weighted by atomic mass is 10.2. The fourth-order valence-corrected chi connectivity index (χ4v) is 1.61. The van der Waals surface area contributed by atoms with Crippen LogP contribution in [0.3, 0.4) is 0 Å². The van der Waals surface area contributed by atoms with Gasteiger partial charge in [-0.25, -0.2) is 0 Å². The normalized spacial score (nSPS) is 12.2. The van der Waals surface area contributed by atoms with Gasteiger partial charge in [0.15, 0.2) is 0 Å². The van der Waals surface area contributed by atoms with Crippen LogP contribution in [0.2, 0.25) is 5.02 Å². The summed E-state index contributed by atoms with van der Waals surface area (Å²) in [6.45, 7) is -0.412. The molecule has 6 heteroatoms. The van der Waals surface area contributed by atoms with Crippen molar-refractivity contribution in [3.05, 3.63) is 33.3 Å². The van der Waals surface area contributed by atoms with Gasteiger partial charge in [0.1, 0.15) is 0 Å². The highest BCUT2D eigenvalue weighted by Gasteiger charge is 2.12. The van der Waals surface area contributed by atoms with Crippen LogP contribution in [0.5, 0.6) is 0 Å². The minimum atomic E-state index is -0.963. The highest BCUT2D eigenvalue weighted by molar-refractivity contribution is 9.10. The maximum atomic E-state index is 11.6. The Bertz CT molecular complexity index is 386. The third-order valence-electron chi connectivity index (χ3n) is 1.88. The largest absolute Gasteiger partial charge is 0.394 e. The van der Waals surface area contributed by atoms with Crippen LogP contribution in [-0.4, -0.2) is 35.4 Å². The molecule has 1 atom stereocenters. The number of aliphatic hydroxyl groups excluding tert-OH is 2. The summed E-state index contributed by atoms with van der Waals surface area (Å²) >= 11 is 9.08. The molecule has 0 saturated carbocycles. The molecule has 0 heterocycles. The van der Waals surface area contributed by atoms with Crippen molar-refractivity contribution in [3.8, 4) is 0 Å². The second-order valence-corrected chi connectivity index (χ2v) is 4.49. The fraction of sp³-hybridized carbons (Fsp3) is 0.300. The van der Waals surface area contributed by atoms with Crippen LogP contribution in [-0.2, 0) is 0 Å². The monoisotopic (exact) mass is 307 g/mol. The van der Waals surface area contributed by atoms with Gasteiger partial charge >= 0.3 is 0 Å². The number of halogens is 2. The van der Waals surface area contributed by atoms with Gasteiger partial charge in [-0.3, -0.25) is 4.79 Å². The number of rotatable bonds is 4. The van der Waals surface area contributed by atoms with Gasteiger partial charge in [0.25, 0.3) is 5.91 Å². The molecule has 0 fully saturated rings. The highest BCUT2D eigenvalue weighted by atomic mass is 79.9. The van der Waals surface area contributed by atoms with E-state index < -0.39 is 12.7 Å². The summed E-state index contributed by atoms with van der Waals surface area (Å²) in [5, 5.41) is 20.4. The topological polar surface area (TPSA) is 69.6 Å². The van der Waals surface area contributed by atoms with Crippen LogP contribution in [0.15, 0.2) is 22.7 Å². The van der Waals surface area contributed by atoms with Crippen molar-refractivity contribution in [1.82, 2.24) is 5.32 Å². The van der Waals surface area contributed by atoms with E-state index in [2.05, 4.69) is 21.2 Å². The van der Waals surface area contributed by atoms with Crippen molar-refractivity contribution in [2.24, 2.45) is 0 Å². The highest BCUT2D eigenvalue weighted by Crippen LogP contribution is 2.20. The van der Waals surface area contributed by atoms with Gasteiger partial charge in [-0.15, -0.1) is 0 Å². The number of carbonyl (C=O) groups is 1. The molecule has 4 nitrogen and oxygen atoms in total. The lowest BCUT2D eigenvalue weighted by molar-refractivity contribution is 0.0802. The summed E-state index contributed by atoms with van der Waals surface area (Å²) in [6.07, 6.45) is -0.963. The van der Waals surface area contributed by atoms with Gasteiger partial charge in [0, 0.05) is 11.0 Å². The molecule has 1 rings (SSSR count). The fourth-order valence-electron chi connectivity index (χ4n) is 1.04. The Balaban J connectivity index is 2.69. The summed E-state index contributed by atoms with van der Waals surface area (Å²) in [7, 11) is 0. The zero-order valence-electron chi connectivity index (χ0n) is 8.28. The van der Waals surface area contributed by atoms with Crippen molar-refractivity contribution in [3.63, 3.8) is 0 Å². The first-order valence-electron chi connectivity index (χ1n) is 4.56. The molecule has 0 aliphatic heterocycles. The molecular weight excluding hydrogens is 297 g/mol. The lowest BCUT2D eigenvalue weighted by Gasteiger charge is -2.10. The summed E-state index contributed by atoms with van der Waals surface area (Å²) < 4.78 is 0.741. The van der Waals surface area contributed by atoms with Crippen LogP contribution >= 0.6 is 27.5 Å². The standard InChI is InChI=1S/C10H11BrClNO3/c11-6-1-2-9(12)8(3-6)10(16)13-4-7(15)5-14/h1-3,7,14-15H,4-5H2,(H,13,16). The smallest absolute Gasteiger partial charge is 0.252 e. The van der Waals surface area contributed by atoms with Crippen LogP contribution in [0.1, 0.15) is 10.4 Å². The van der Waals surface area contributed by atoms with Gasteiger partial charge in [-0.1, -0.05) is 27.5 Å². The van der Waals surface area contributed by atoms with Gasteiger partial charge in [-0.05, 0) is 18.2 Å². The van der Waals surface area contributed by atoms with Crippen LogP contribution < -0.4 is 5.32 Å². The Morgan fingerprint density at radius 2 is 2.25 bits per heavy atom. The molecule has 0 saturated heterocycles. The molecule has 0 aliphatic carbocycles. The van der Waals surface area contributed by atoms with E-state index in [1.54, 1.807) is 18.2 Å². The first-order valence-corrected chi connectivity index (χ1v) is 5.74. The molecule has 88 valence electrons. The molecule has 1 amide bonds. The van der Waals surface area contributed by atoms with E-state index in [1.165, 1.54) is 0 Å². The minimum Gasteiger partial charge on any atom is -0.394 e. The zero-order chi connectivity index (χ0) is 12.1. The number of hydrogen-bond donors (Lipinski definition) is 3. The van der Waals surface area contributed by atoms with Crippen molar-refractivity contribution in [1.29, 1.82) is 0 Å². The number of hydrogen-bond acceptors (Lipinski definition) is 3. The van der Waals surface area contributed by atoms with Crippen LogP contribution in [0.4, 0.5) is 0 Å². The van der Waals surface area contributed by atoms with E-state index >= 15 is 0 Å². The minimum absolute atomic E-state index is 0.0157. The predicted octanol–water partition coefficient (Wildman–Crippen LogP) is 1.19. The van der Waals surface area contributed by atoms with E-state index in [-0.39, 0.29) is 12.5 Å². The first-order chi connectivity index (χ1) is 7.54. The Morgan fingerprint density at radius 3 is 2.88 bits per heavy atom. The Morgan fingerprint density at radius 1 is 1.56 bits per heavy atom. The molecule has 1 aromatic rings. The van der Waals surface area contributed by atoms with E-state index in [0.717, 1.165) is 4.47 Å². The summed E-state index contributed by atoms with van der Waals surface area (Å²) in [4.78, 5) is 11.6. The van der Waals surface area contributed by atoms with E-state index in [0.29, 0.717) is 10.6 Å². The van der Waals surface area contributed by atoms with Gasteiger partial charge in [-0.2, -0.15) is 0 Å². The molecule has 3 N–H and O–H groups in total. The summed E-state index contributed by atoms with van der Waals surface area (Å²) in [5.74, 6) is -0.390. The van der Waals surface area contributed by atoms with Crippen LogP contribution in [0.25, 0.3) is 0 Å². The van der Waals surface area contributed by atoms with E-state index in [4.69, 9.17) is 21.8 Å². The third-order valence-corrected chi connectivity index (χ3v) is 2.70. The Kier molecular flexibility index (Phi) is 5.21. The number of carbonyl (C=O) groups excluding carboxylic acids is 1. The predicted molar refractivity (Wildman–Crippen MR) is 64.6 cm³/mol. The van der Waals surface area contributed by atoms with Crippen molar-refractivity contribution < 1.29 is 15.0 Å². The second-order valence-electron chi connectivity index (χ2n) is 3.17. The Labute approximate surface area is 106 Å². The Hall–Kier alpha value is -0.620. The van der Waals surface area contributed by atoms with Gasteiger partial charge in [0.2, 0.25) is 0 Å².